The number of allylic oxidation sites excluding steroid dienone is 2. The Morgan fingerprint density at radius 3 is 2.92 bits per heavy atom. The Labute approximate surface area is 78.1 Å². The fourth-order valence-electron chi connectivity index (χ4n) is 1.57. The Kier molecular flexibility index (Phi) is 1.93. The van der Waals surface area contributed by atoms with E-state index in [1.54, 1.807) is 0 Å². The molecule has 1 nitrogen and oxygen atoms in total. The number of nitrogens with one attached hydrogen (secondary N) is 1. The van der Waals surface area contributed by atoms with E-state index in [9.17, 15) is 0 Å². The number of H-pyrrole nitrogens is 1. The zero-order valence-electron chi connectivity index (χ0n) is 7.96. The number of rotatable bonds is 1. The normalized spacial score (nSPS) is 12.3. The van der Waals surface area contributed by atoms with Gasteiger partial charge in [0, 0.05) is 11.8 Å². The number of fused-ring (bicyclic) bond motifs is 1. The predicted molar refractivity (Wildman–Crippen MR) is 57.6 cm³/mol. The Hall–Kier alpha value is -1.50. The number of aromatic amines is 1. The highest BCUT2D eigenvalue weighted by atomic mass is 14.7. The van der Waals surface area contributed by atoms with Gasteiger partial charge in [-0.2, -0.15) is 0 Å². The molecule has 1 aromatic carbocycles. The maximum atomic E-state index is 3.26. The summed E-state index contributed by atoms with van der Waals surface area (Å²) >= 11 is 0. The SMILES string of the molecule is C/C=C(\C)c1cccc2cc[nH]c12. The molecule has 0 radical (unpaired) electrons. The van der Waals surface area contributed by atoms with Crippen LogP contribution in [-0.2, 0) is 0 Å². The second kappa shape index (κ2) is 3.09. The molecule has 2 rings (SSSR count). The first-order chi connectivity index (χ1) is 6.33. The van der Waals surface area contributed by atoms with Crippen LogP contribution >= 0.6 is 0 Å². The number of para-hydroxylation sites is 1. The molecule has 1 aromatic heterocycles. The van der Waals surface area contributed by atoms with E-state index >= 15 is 0 Å². The summed E-state index contributed by atoms with van der Waals surface area (Å²) < 4.78 is 0. The van der Waals surface area contributed by atoms with Gasteiger partial charge in [0.1, 0.15) is 0 Å². The van der Waals surface area contributed by atoms with Gasteiger partial charge in [0.15, 0.2) is 0 Å². The van der Waals surface area contributed by atoms with Crippen molar-refractivity contribution in [2.45, 2.75) is 13.8 Å². The molecule has 13 heavy (non-hydrogen) atoms. The molecule has 0 spiro atoms. The summed E-state index contributed by atoms with van der Waals surface area (Å²) in [6, 6.07) is 8.46. The third-order valence-electron chi connectivity index (χ3n) is 2.45. The fraction of sp³-hybridized carbons (Fsp3) is 0.167. The molecule has 2 aromatic rings. The average molecular weight is 171 g/mol. The lowest BCUT2D eigenvalue weighted by Gasteiger charge is -2.02. The largest absolute Gasteiger partial charge is 0.361 e. The first-order valence-corrected chi connectivity index (χ1v) is 4.52. The smallest absolute Gasteiger partial charge is 0.0530 e. The van der Waals surface area contributed by atoms with Crippen LogP contribution in [0.1, 0.15) is 19.4 Å². The molecule has 0 saturated heterocycles. The van der Waals surface area contributed by atoms with Crippen molar-refractivity contribution in [3.8, 4) is 0 Å². The van der Waals surface area contributed by atoms with E-state index in [4.69, 9.17) is 0 Å². The molecular weight excluding hydrogens is 158 g/mol. The van der Waals surface area contributed by atoms with Gasteiger partial charge < -0.3 is 4.98 Å². The van der Waals surface area contributed by atoms with E-state index in [-0.39, 0.29) is 0 Å². The molecule has 66 valence electrons. The molecule has 0 aliphatic carbocycles. The molecule has 0 bridgehead atoms. The van der Waals surface area contributed by atoms with Crippen LogP contribution in [0, 0.1) is 0 Å². The number of hydrogen-bond acceptors (Lipinski definition) is 0. The van der Waals surface area contributed by atoms with Crippen molar-refractivity contribution in [3.05, 3.63) is 42.1 Å². The van der Waals surface area contributed by atoms with Crippen molar-refractivity contribution in [3.63, 3.8) is 0 Å². The first-order valence-electron chi connectivity index (χ1n) is 4.52. The van der Waals surface area contributed by atoms with Gasteiger partial charge >= 0.3 is 0 Å². The van der Waals surface area contributed by atoms with Crippen LogP contribution in [0.15, 0.2) is 36.5 Å². The van der Waals surface area contributed by atoms with E-state index < -0.39 is 0 Å². The molecule has 0 fully saturated rings. The van der Waals surface area contributed by atoms with Gasteiger partial charge in [0.25, 0.3) is 0 Å². The van der Waals surface area contributed by atoms with Crippen LogP contribution in [0.25, 0.3) is 16.5 Å². The maximum Gasteiger partial charge on any atom is 0.0530 e. The van der Waals surface area contributed by atoms with E-state index in [1.165, 1.54) is 22.0 Å². The minimum atomic E-state index is 1.23. The molecule has 0 aliphatic rings. The van der Waals surface area contributed by atoms with Gasteiger partial charge in [0.05, 0.1) is 5.52 Å². The van der Waals surface area contributed by atoms with E-state index in [0.29, 0.717) is 0 Å². The zero-order valence-corrected chi connectivity index (χ0v) is 7.96. The average Bonchev–Trinajstić information content (AvgIpc) is 2.63. The Balaban J connectivity index is 2.75. The lowest BCUT2D eigenvalue weighted by atomic mass is 10.0. The van der Waals surface area contributed by atoms with E-state index in [0.717, 1.165) is 0 Å². The highest BCUT2D eigenvalue weighted by Gasteiger charge is 2.01. The topological polar surface area (TPSA) is 15.8 Å². The second-order valence-electron chi connectivity index (χ2n) is 3.22. The van der Waals surface area contributed by atoms with Crippen LogP contribution in [0.5, 0.6) is 0 Å². The third kappa shape index (κ3) is 1.26. The Morgan fingerprint density at radius 1 is 1.31 bits per heavy atom. The second-order valence-corrected chi connectivity index (χ2v) is 3.22. The Morgan fingerprint density at radius 2 is 2.15 bits per heavy atom. The monoisotopic (exact) mass is 171 g/mol. The summed E-state index contributed by atoms with van der Waals surface area (Å²) in [6.07, 6.45) is 4.12. The molecule has 0 unspecified atom stereocenters. The van der Waals surface area contributed by atoms with Gasteiger partial charge in [-0.15, -0.1) is 0 Å². The van der Waals surface area contributed by atoms with Crippen molar-refractivity contribution in [2.24, 2.45) is 0 Å². The summed E-state index contributed by atoms with van der Waals surface area (Å²) in [5, 5.41) is 1.28. The van der Waals surface area contributed by atoms with Crippen molar-refractivity contribution < 1.29 is 0 Å². The number of benzene rings is 1. The van der Waals surface area contributed by atoms with Crippen LogP contribution in [-0.4, -0.2) is 4.98 Å². The zero-order chi connectivity index (χ0) is 9.26. The van der Waals surface area contributed by atoms with Crippen LogP contribution in [0.3, 0.4) is 0 Å². The van der Waals surface area contributed by atoms with Crippen LogP contribution in [0.2, 0.25) is 0 Å². The number of hydrogen-bond donors (Lipinski definition) is 1. The minimum absolute atomic E-state index is 1.23. The summed E-state index contributed by atoms with van der Waals surface area (Å²) in [4.78, 5) is 3.26. The van der Waals surface area contributed by atoms with Gasteiger partial charge in [0.2, 0.25) is 0 Å². The van der Waals surface area contributed by atoms with Crippen molar-refractivity contribution in [1.29, 1.82) is 0 Å². The number of aromatic nitrogens is 1. The summed E-state index contributed by atoms with van der Waals surface area (Å²) in [7, 11) is 0. The lowest BCUT2D eigenvalue weighted by molar-refractivity contribution is 1.45. The Bertz CT molecular complexity index is 449. The van der Waals surface area contributed by atoms with Crippen molar-refractivity contribution >= 4 is 16.5 Å². The lowest BCUT2D eigenvalue weighted by Crippen LogP contribution is -1.81. The molecule has 1 heteroatoms. The van der Waals surface area contributed by atoms with Gasteiger partial charge in [-0.1, -0.05) is 24.3 Å². The maximum absolute atomic E-state index is 3.26. The summed E-state index contributed by atoms with van der Waals surface area (Å²) in [5.74, 6) is 0. The fourth-order valence-corrected chi connectivity index (χ4v) is 1.57. The standard InChI is InChI=1S/C12H13N/c1-3-9(2)11-6-4-5-10-7-8-13-12(10)11/h3-8,13H,1-2H3/b9-3+. The molecule has 0 aliphatic heterocycles. The quantitative estimate of drug-likeness (QED) is 0.674. The van der Waals surface area contributed by atoms with Gasteiger partial charge in [-0.25, -0.2) is 0 Å². The van der Waals surface area contributed by atoms with Gasteiger partial charge in [-0.3, -0.25) is 0 Å². The van der Waals surface area contributed by atoms with E-state index in [2.05, 4.69) is 49.2 Å². The molecule has 1 heterocycles. The van der Waals surface area contributed by atoms with Crippen LogP contribution in [0.4, 0.5) is 0 Å². The molecule has 0 atom stereocenters. The summed E-state index contributed by atoms with van der Waals surface area (Å²) in [5.41, 5.74) is 3.84. The molecular formula is C12H13N. The minimum Gasteiger partial charge on any atom is -0.361 e. The molecule has 1 N–H and O–H groups in total. The predicted octanol–water partition coefficient (Wildman–Crippen LogP) is 3.59. The van der Waals surface area contributed by atoms with Crippen molar-refractivity contribution in [2.75, 3.05) is 0 Å². The van der Waals surface area contributed by atoms with Crippen molar-refractivity contribution in [1.82, 2.24) is 4.98 Å². The molecule has 0 amide bonds. The first kappa shape index (κ1) is 8.11. The summed E-state index contributed by atoms with van der Waals surface area (Å²) in [6.45, 7) is 4.20. The third-order valence-corrected chi connectivity index (χ3v) is 2.45. The van der Waals surface area contributed by atoms with Crippen LogP contribution < -0.4 is 0 Å². The van der Waals surface area contributed by atoms with E-state index in [1.807, 2.05) is 6.20 Å². The highest BCUT2D eigenvalue weighted by molar-refractivity contribution is 5.90. The highest BCUT2D eigenvalue weighted by Crippen LogP contribution is 2.23. The molecule has 0 saturated carbocycles. The van der Waals surface area contributed by atoms with Gasteiger partial charge in [-0.05, 0) is 30.9 Å².